The van der Waals surface area contributed by atoms with Crippen LogP contribution < -0.4 is 16.0 Å². The van der Waals surface area contributed by atoms with Crippen LogP contribution in [0.3, 0.4) is 0 Å². The van der Waals surface area contributed by atoms with Crippen molar-refractivity contribution < 1.29 is 9.53 Å². The Bertz CT molecular complexity index is 1030. The van der Waals surface area contributed by atoms with Gasteiger partial charge in [0.1, 0.15) is 22.9 Å². The molecule has 1 aliphatic carbocycles. The number of rotatable bonds is 4. The lowest BCUT2D eigenvalue weighted by atomic mass is 9.74. The average Bonchev–Trinajstić information content (AvgIpc) is 2.57. The molecule has 1 aliphatic rings. The van der Waals surface area contributed by atoms with E-state index in [0.717, 1.165) is 18.2 Å². The number of pyridine rings is 1. The van der Waals surface area contributed by atoms with Gasteiger partial charge in [-0.05, 0) is 67.4 Å². The monoisotopic (exact) mass is 425 g/mol. The van der Waals surface area contributed by atoms with Gasteiger partial charge in [-0.3, -0.25) is 0 Å². The molecule has 0 aromatic carbocycles. The quantitative estimate of drug-likeness (QED) is 0.672. The molecule has 31 heavy (non-hydrogen) atoms. The summed E-state index contributed by atoms with van der Waals surface area (Å²) in [4.78, 5) is 25.5. The third-order valence-corrected chi connectivity index (χ3v) is 4.70. The standard InChI is InChI=1S/C22H31N7O2/c1-20(2,3)28-17-16-13(8-14(11-23)25-17)12-24-18(27-16)26-15-9-22(7,10-15)29-19(30)31-21(4,5)6/h8,12,15H,9-10H2,1-7H3,(H,25,28)(H,29,30)(H,24,26,27). The molecule has 2 heterocycles. The zero-order valence-electron chi connectivity index (χ0n) is 19.3. The summed E-state index contributed by atoms with van der Waals surface area (Å²) in [6.07, 6.45) is 2.74. The van der Waals surface area contributed by atoms with Crippen molar-refractivity contribution in [3.05, 3.63) is 18.0 Å². The Kier molecular flexibility index (Phi) is 5.70. The topological polar surface area (TPSA) is 125 Å². The maximum Gasteiger partial charge on any atom is 0.408 e. The molecule has 0 aliphatic heterocycles. The number of nitrogens with zero attached hydrogens (tertiary/aromatic N) is 4. The number of alkyl carbamates (subject to hydrolysis) is 1. The molecule has 3 N–H and O–H groups in total. The normalized spacial score (nSPS) is 21.0. The molecule has 0 bridgehead atoms. The summed E-state index contributed by atoms with van der Waals surface area (Å²) in [5.74, 6) is 1.04. The van der Waals surface area contributed by atoms with Gasteiger partial charge in [-0.15, -0.1) is 0 Å². The van der Waals surface area contributed by atoms with Crippen LogP contribution in [0.5, 0.6) is 0 Å². The first-order valence-corrected chi connectivity index (χ1v) is 10.4. The molecule has 1 amide bonds. The minimum Gasteiger partial charge on any atom is -0.444 e. The van der Waals surface area contributed by atoms with Gasteiger partial charge >= 0.3 is 6.09 Å². The largest absolute Gasteiger partial charge is 0.444 e. The fourth-order valence-electron chi connectivity index (χ4n) is 3.57. The summed E-state index contributed by atoms with van der Waals surface area (Å²) >= 11 is 0. The van der Waals surface area contributed by atoms with Gasteiger partial charge in [0.2, 0.25) is 5.95 Å². The second kappa shape index (κ2) is 7.84. The van der Waals surface area contributed by atoms with Crippen molar-refractivity contribution in [2.24, 2.45) is 0 Å². The highest BCUT2D eigenvalue weighted by molar-refractivity contribution is 5.89. The van der Waals surface area contributed by atoms with Crippen LogP contribution in [-0.4, -0.2) is 43.8 Å². The summed E-state index contributed by atoms with van der Waals surface area (Å²) in [7, 11) is 0. The molecule has 9 heteroatoms. The highest BCUT2D eigenvalue weighted by Gasteiger charge is 2.42. The van der Waals surface area contributed by atoms with Crippen LogP contribution >= 0.6 is 0 Å². The van der Waals surface area contributed by atoms with Gasteiger partial charge in [-0.2, -0.15) is 5.26 Å². The van der Waals surface area contributed by atoms with Crippen LogP contribution in [0.2, 0.25) is 0 Å². The minimum atomic E-state index is -0.529. The van der Waals surface area contributed by atoms with Crippen LogP contribution in [-0.2, 0) is 4.74 Å². The number of fused-ring (bicyclic) bond motifs is 1. The molecule has 1 saturated carbocycles. The molecule has 0 atom stereocenters. The van der Waals surface area contributed by atoms with E-state index < -0.39 is 11.7 Å². The lowest BCUT2D eigenvalue weighted by molar-refractivity contribution is 0.0393. The SMILES string of the molecule is CC(C)(C)Nc1nc(C#N)cc2cnc(NC3CC(C)(NC(=O)OC(C)(C)C)C3)nc12. The molecular formula is C22H31N7O2. The first-order chi connectivity index (χ1) is 14.3. The molecule has 0 radical (unpaired) electrons. The number of hydrogen-bond acceptors (Lipinski definition) is 8. The van der Waals surface area contributed by atoms with Crippen molar-refractivity contribution in [2.75, 3.05) is 10.6 Å². The van der Waals surface area contributed by atoms with Gasteiger partial charge in [-0.25, -0.2) is 19.7 Å². The first-order valence-electron chi connectivity index (χ1n) is 10.4. The number of anilines is 2. The Morgan fingerprint density at radius 2 is 1.90 bits per heavy atom. The predicted octanol–water partition coefficient (Wildman–Crippen LogP) is 3.96. The Labute approximate surface area is 183 Å². The van der Waals surface area contributed by atoms with Crippen LogP contribution in [0.1, 0.15) is 67.0 Å². The molecule has 0 saturated heterocycles. The zero-order valence-corrected chi connectivity index (χ0v) is 19.3. The number of carbonyl (C=O) groups excluding carboxylic acids is 1. The Balaban J connectivity index is 1.71. The number of amides is 1. The number of hydrogen-bond donors (Lipinski definition) is 3. The highest BCUT2D eigenvalue weighted by Crippen LogP contribution is 2.34. The fraction of sp³-hybridized carbons (Fsp3) is 0.591. The molecular weight excluding hydrogens is 394 g/mol. The van der Waals surface area contributed by atoms with Gasteiger partial charge < -0.3 is 20.7 Å². The van der Waals surface area contributed by atoms with E-state index in [2.05, 4.69) is 37.0 Å². The van der Waals surface area contributed by atoms with E-state index in [-0.39, 0.29) is 17.1 Å². The van der Waals surface area contributed by atoms with Crippen LogP contribution in [0.4, 0.5) is 16.6 Å². The maximum atomic E-state index is 12.1. The molecule has 3 rings (SSSR count). The number of carbonyl (C=O) groups is 1. The fourth-order valence-corrected chi connectivity index (χ4v) is 3.57. The second-order valence-electron chi connectivity index (χ2n) is 10.4. The number of nitriles is 1. The van der Waals surface area contributed by atoms with Crippen molar-refractivity contribution in [3.8, 4) is 6.07 Å². The Morgan fingerprint density at radius 3 is 2.48 bits per heavy atom. The summed E-state index contributed by atoms with van der Waals surface area (Å²) in [6, 6.07) is 3.89. The lowest BCUT2D eigenvalue weighted by Gasteiger charge is -2.45. The number of aromatic nitrogens is 3. The Morgan fingerprint density at radius 1 is 1.23 bits per heavy atom. The van der Waals surface area contributed by atoms with Gasteiger partial charge in [0.25, 0.3) is 0 Å². The van der Waals surface area contributed by atoms with Crippen molar-refractivity contribution in [1.29, 1.82) is 5.26 Å². The molecule has 166 valence electrons. The van der Waals surface area contributed by atoms with Crippen molar-refractivity contribution in [2.45, 2.75) is 84.0 Å². The minimum absolute atomic E-state index is 0.128. The first kappa shape index (κ1) is 22.5. The highest BCUT2D eigenvalue weighted by atomic mass is 16.6. The average molecular weight is 426 g/mol. The summed E-state index contributed by atoms with van der Waals surface area (Å²) < 4.78 is 5.35. The van der Waals surface area contributed by atoms with E-state index in [1.165, 1.54) is 0 Å². The van der Waals surface area contributed by atoms with Crippen LogP contribution in [0, 0.1) is 11.3 Å². The second-order valence-corrected chi connectivity index (χ2v) is 10.4. The molecule has 0 unspecified atom stereocenters. The molecule has 2 aromatic rings. The van der Waals surface area contributed by atoms with E-state index in [4.69, 9.17) is 4.74 Å². The van der Waals surface area contributed by atoms with Gasteiger partial charge in [0, 0.05) is 28.7 Å². The van der Waals surface area contributed by atoms with Crippen molar-refractivity contribution in [3.63, 3.8) is 0 Å². The Hall–Kier alpha value is -3.15. The third kappa shape index (κ3) is 5.94. The summed E-state index contributed by atoms with van der Waals surface area (Å²) in [6.45, 7) is 13.6. The summed E-state index contributed by atoms with van der Waals surface area (Å²) in [5, 5.41) is 19.6. The molecule has 2 aromatic heterocycles. The van der Waals surface area contributed by atoms with Crippen LogP contribution in [0.15, 0.2) is 12.3 Å². The molecule has 1 fully saturated rings. The number of nitrogens with one attached hydrogen (secondary N) is 3. The van der Waals surface area contributed by atoms with Crippen molar-refractivity contribution >= 4 is 28.8 Å². The summed E-state index contributed by atoms with van der Waals surface area (Å²) in [5.41, 5.74) is -0.139. The van der Waals surface area contributed by atoms with E-state index in [1.807, 2.05) is 48.5 Å². The van der Waals surface area contributed by atoms with Crippen LogP contribution in [0.25, 0.3) is 10.9 Å². The smallest absolute Gasteiger partial charge is 0.408 e. The number of ether oxygens (including phenoxy) is 1. The zero-order chi connectivity index (χ0) is 23.0. The van der Waals surface area contributed by atoms with E-state index in [0.29, 0.717) is 23.0 Å². The predicted molar refractivity (Wildman–Crippen MR) is 120 cm³/mol. The van der Waals surface area contributed by atoms with E-state index in [9.17, 15) is 10.1 Å². The van der Waals surface area contributed by atoms with Crippen molar-refractivity contribution in [1.82, 2.24) is 20.3 Å². The molecule has 0 spiro atoms. The molecule has 9 nitrogen and oxygen atoms in total. The third-order valence-electron chi connectivity index (χ3n) is 4.70. The van der Waals surface area contributed by atoms with E-state index >= 15 is 0 Å². The van der Waals surface area contributed by atoms with Gasteiger partial charge in [0.05, 0.1) is 0 Å². The van der Waals surface area contributed by atoms with E-state index in [1.54, 1.807) is 12.3 Å². The lowest BCUT2D eigenvalue weighted by Crippen LogP contribution is -2.60. The van der Waals surface area contributed by atoms with Gasteiger partial charge in [0.15, 0.2) is 5.82 Å². The maximum absolute atomic E-state index is 12.1. The van der Waals surface area contributed by atoms with Gasteiger partial charge in [-0.1, -0.05) is 0 Å².